The van der Waals surface area contributed by atoms with Gasteiger partial charge in [0.15, 0.2) is 0 Å². The molecule has 0 aromatic heterocycles. The first-order valence-corrected chi connectivity index (χ1v) is 9.44. The van der Waals surface area contributed by atoms with E-state index in [0.717, 1.165) is 31.8 Å². The maximum Gasteiger partial charge on any atom is 0.281 e. The van der Waals surface area contributed by atoms with Crippen LogP contribution in [0.2, 0.25) is 0 Å². The first-order valence-electron chi connectivity index (χ1n) is 8.04. The summed E-state index contributed by atoms with van der Waals surface area (Å²) in [6.45, 7) is 6.00. The van der Waals surface area contributed by atoms with Crippen LogP contribution in [0.3, 0.4) is 0 Å². The number of nitrogens with zero attached hydrogens (tertiary/aromatic N) is 2. The highest BCUT2D eigenvalue weighted by Crippen LogP contribution is 2.26. The SMILES string of the molecule is CC1CCN(S(=O)(=O)N2CCC(CNC3CC3)CC2)C1. The number of nitrogens with one attached hydrogen (secondary N) is 1. The average Bonchev–Trinajstić information content (AvgIpc) is 3.17. The predicted octanol–water partition coefficient (Wildman–Crippen LogP) is 1.04. The number of hydrogen-bond acceptors (Lipinski definition) is 3. The third-order valence-electron chi connectivity index (χ3n) is 4.89. The minimum atomic E-state index is -3.19. The molecular formula is C14H27N3O2S. The molecule has 1 N–H and O–H groups in total. The van der Waals surface area contributed by atoms with E-state index in [0.29, 0.717) is 38.0 Å². The van der Waals surface area contributed by atoms with Gasteiger partial charge in [-0.3, -0.25) is 0 Å². The van der Waals surface area contributed by atoms with Crippen LogP contribution in [0.1, 0.15) is 39.0 Å². The van der Waals surface area contributed by atoms with Gasteiger partial charge in [-0.2, -0.15) is 17.0 Å². The molecule has 2 saturated heterocycles. The molecule has 116 valence electrons. The molecular weight excluding hydrogens is 274 g/mol. The van der Waals surface area contributed by atoms with Gasteiger partial charge in [-0.15, -0.1) is 0 Å². The van der Waals surface area contributed by atoms with E-state index in [1.54, 1.807) is 8.61 Å². The lowest BCUT2D eigenvalue weighted by Gasteiger charge is -2.33. The summed E-state index contributed by atoms with van der Waals surface area (Å²) in [5.41, 5.74) is 0. The lowest BCUT2D eigenvalue weighted by atomic mass is 9.98. The zero-order valence-corrected chi connectivity index (χ0v) is 13.2. The summed E-state index contributed by atoms with van der Waals surface area (Å²) in [5.74, 6) is 1.16. The van der Waals surface area contributed by atoms with E-state index in [1.807, 2.05) is 0 Å². The Labute approximate surface area is 122 Å². The van der Waals surface area contributed by atoms with Crippen LogP contribution < -0.4 is 5.32 Å². The molecule has 3 aliphatic rings. The van der Waals surface area contributed by atoms with Crippen molar-refractivity contribution >= 4 is 10.2 Å². The molecule has 2 aliphatic heterocycles. The second-order valence-corrected chi connectivity index (χ2v) is 8.71. The van der Waals surface area contributed by atoms with E-state index in [-0.39, 0.29) is 0 Å². The molecule has 0 bridgehead atoms. The second kappa shape index (κ2) is 5.91. The Morgan fingerprint density at radius 1 is 1.00 bits per heavy atom. The van der Waals surface area contributed by atoms with Gasteiger partial charge < -0.3 is 5.32 Å². The standard InChI is InChI=1S/C14H27N3O2S/c1-12-4-7-17(11-12)20(18,19)16-8-5-13(6-9-16)10-15-14-2-3-14/h12-15H,2-11H2,1H3. The van der Waals surface area contributed by atoms with Crippen molar-refractivity contribution in [2.24, 2.45) is 11.8 Å². The quantitative estimate of drug-likeness (QED) is 0.825. The molecule has 0 aromatic carbocycles. The molecule has 20 heavy (non-hydrogen) atoms. The molecule has 0 spiro atoms. The Morgan fingerprint density at radius 3 is 2.20 bits per heavy atom. The highest BCUT2D eigenvalue weighted by atomic mass is 32.2. The summed E-state index contributed by atoms with van der Waals surface area (Å²) in [4.78, 5) is 0. The number of rotatable bonds is 5. The normalized spacial score (nSPS) is 30.9. The van der Waals surface area contributed by atoms with Crippen molar-refractivity contribution in [2.45, 2.75) is 45.1 Å². The Balaban J connectivity index is 1.49. The third-order valence-corrected chi connectivity index (χ3v) is 6.89. The van der Waals surface area contributed by atoms with Crippen molar-refractivity contribution in [3.8, 4) is 0 Å². The highest BCUT2D eigenvalue weighted by Gasteiger charge is 2.36. The average molecular weight is 301 g/mol. The summed E-state index contributed by atoms with van der Waals surface area (Å²) in [6, 6.07) is 0.753. The van der Waals surface area contributed by atoms with Gasteiger partial charge in [0.25, 0.3) is 10.2 Å². The summed E-state index contributed by atoms with van der Waals surface area (Å²) in [6.07, 6.45) is 5.65. The maximum atomic E-state index is 12.6. The van der Waals surface area contributed by atoms with Gasteiger partial charge in [0, 0.05) is 32.2 Å². The molecule has 0 aromatic rings. The van der Waals surface area contributed by atoms with Crippen LogP contribution in [0.4, 0.5) is 0 Å². The van der Waals surface area contributed by atoms with Gasteiger partial charge in [0.05, 0.1) is 0 Å². The molecule has 5 nitrogen and oxygen atoms in total. The first-order chi connectivity index (χ1) is 9.55. The van der Waals surface area contributed by atoms with Gasteiger partial charge in [-0.25, -0.2) is 0 Å². The van der Waals surface area contributed by atoms with Crippen molar-refractivity contribution in [2.75, 3.05) is 32.7 Å². The van der Waals surface area contributed by atoms with E-state index in [9.17, 15) is 8.42 Å². The highest BCUT2D eigenvalue weighted by molar-refractivity contribution is 7.86. The molecule has 1 saturated carbocycles. The smallest absolute Gasteiger partial charge is 0.281 e. The van der Waals surface area contributed by atoms with Gasteiger partial charge in [0.2, 0.25) is 0 Å². The van der Waals surface area contributed by atoms with Crippen LogP contribution in [0.5, 0.6) is 0 Å². The zero-order valence-electron chi connectivity index (χ0n) is 12.4. The third kappa shape index (κ3) is 3.35. The van der Waals surface area contributed by atoms with E-state index >= 15 is 0 Å². The van der Waals surface area contributed by atoms with E-state index in [4.69, 9.17) is 0 Å². The number of piperidine rings is 1. The van der Waals surface area contributed by atoms with E-state index < -0.39 is 10.2 Å². The molecule has 2 heterocycles. The summed E-state index contributed by atoms with van der Waals surface area (Å²) in [5, 5.41) is 3.56. The summed E-state index contributed by atoms with van der Waals surface area (Å²) >= 11 is 0. The van der Waals surface area contributed by atoms with Crippen LogP contribution in [0.15, 0.2) is 0 Å². The molecule has 1 atom stereocenters. The second-order valence-electron chi connectivity index (χ2n) is 6.78. The van der Waals surface area contributed by atoms with Crippen LogP contribution in [0, 0.1) is 11.8 Å². The van der Waals surface area contributed by atoms with Gasteiger partial charge in [0.1, 0.15) is 0 Å². The summed E-state index contributed by atoms with van der Waals surface area (Å²) in [7, 11) is -3.19. The zero-order chi connectivity index (χ0) is 14.2. The maximum absolute atomic E-state index is 12.6. The minimum Gasteiger partial charge on any atom is -0.314 e. The van der Waals surface area contributed by atoms with Crippen molar-refractivity contribution in [3.05, 3.63) is 0 Å². The van der Waals surface area contributed by atoms with Gasteiger partial charge >= 0.3 is 0 Å². The van der Waals surface area contributed by atoms with Crippen LogP contribution in [-0.2, 0) is 10.2 Å². The van der Waals surface area contributed by atoms with Gasteiger partial charge in [-0.05, 0) is 50.5 Å². The fraction of sp³-hybridized carbons (Fsp3) is 1.00. The fourth-order valence-electron chi connectivity index (χ4n) is 3.23. The fourth-order valence-corrected chi connectivity index (χ4v) is 5.01. The van der Waals surface area contributed by atoms with Crippen LogP contribution >= 0.6 is 0 Å². The van der Waals surface area contributed by atoms with Crippen LogP contribution in [0.25, 0.3) is 0 Å². The topological polar surface area (TPSA) is 52.7 Å². The Bertz CT molecular complexity index is 428. The van der Waals surface area contributed by atoms with Crippen molar-refractivity contribution in [1.82, 2.24) is 13.9 Å². The van der Waals surface area contributed by atoms with Crippen molar-refractivity contribution in [1.29, 1.82) is 0 Å². The number of hydrogen-bond donors (Lipinski definition) is 1. The lowest BCUT2D eigenvalue weighted by Crippen LogP contribution is -2.47. The van der Waals surface area contributed by atoms with E-state index in [2.05, 4.69) is 12.2 Å². The molecule has 6 heteroatoms. The predicted molar refractivity (Wildman–Crippen MR) is 79.6 cm³/mol. The molecule has 3 rings (SSSR count). The summed E-state index contributed by atoms with van der Waals surface area (Å²) < 4.78 is 28.5. The van der Waals surface area contributed by atoms with Crippen molar-refractivity contribution < 1.29 is 8.42 Å². The monoisotopic (exact) mass is 301 g/mol. The largest absolute Gasteiger partial charge is 0.314 e. The molecule has 1 unspecified atom stereocenters. The lowest BCUT2D eigenvalue weighted by molar-refractivity contribution is 0.253. The van der Waals surface area contributed by atoms with E-state index in [1.165, 1.54) is 12.8 Å². The minimum absolute atomic E-state index is 0.505. The molecule has 3 fully saturated rings. The molecule has 1 aliphatic carbocycles. The Morgan fingerprint density at radius 2 is 1.65 bits per heavy atom. The van der Waals surface area contributed by atoms with Crippen LogP contribution in [-0.4, -0.2) is 55.8 Å². The van der Waals surface area contributed by atoms with Crippen molar-refractivity contribution in [3.63, 3.8) is 0 Å². The molecule has 0 amide bonds. The molecule has 0 radical (unpaired) electrons. The first kappa shape index (κ1) is 14.8. The Hall–Kier alpha value is -0.170. The Kier molecular flexibility index (Phi) is 4.36. The van der Waals surface area contributed by atoms with Gasteiger partial charge in [-0.1, -0.05) is 6.92 Å².